The largest absolute Gasteiger partial charge is 0.450 e. The molecule has 1 fully saturated rings. The third kappa shape index (κ3) is 3.73. The Hall–Kier alpha value is -3.44. The van der Waals surface area contributed by atoms with Crippen molar-refractivity contribution in [1.29, 1.82) is 0 Å². The molecule has 1 aromatic heterocycles. The molecule has 1 aliphatic carbocycles. The minimum absolute atomic E-state index is 0.0323. The number of carbonyl (C=O) groups excluding carboxylic acids is 2. The van der Waals surface area contributed by atoms with Gasteiger partial charge in [0.2, 0.25) is 11.7 Å². The Labute approximate surface area is 182 Å². The van der Waals surface area contributed by atoms with Crippen LogP contribution in [0.25, 0.3) is 11.0 Å². The first-order chi connectivity index (χ1) is 15.0. The lowest BCUT2D eigenvalue weighted by Crippen LogP contribution is -2.16. The van der Waals surface area contributed by atoms with Crippen molar-refractivity contribution >= 4 is 39.9 Å². The lowest BCUT2D eigenvalue weighted by molar-refractivity contribution is -0.117. The molecule has 0 bridgehead atoms. The van der Waals surface area contributed by atoms with E-state index in [1.807, 2.05) is 30.3 Å². The summed E-state index contributed by atoms with van der Waals surface area (Å²) in [6, 6.07) is 19.8. The Morgan fingerprint density at radius 1 is 0.968 bits per heavy atom. The van der Waals surface area contributed by atoms with Gasteiger partial charge in [-0.25, -0.2) is 4.39 Å². The number of rotatable bonds is 5. The van der Waals surface area contributed by atoms with Crippen LogP contribution in [0.15, 0.2) is 77.2 Å². The first kappa shape index (κ1) is 19.5. The molecule has 1 N–H and O–H groups in total. The standard InChI is InChI=1S/C25H17ClFNO3/c26-16-9-5-14(6-10-16)19-13-20(19)25(30)28-22-18-3-1-2-4-21(18)31-24(22)23(29)15-7-11-17(27)12-8-15/h1-12,19-20H,13H2,(H,28,30). The van der Waals surface area contributed by atoms with Crippen LogP contribution < -0.4 is 5.32 Å². The summed E-state index contributed by atoms with van der Waals surface area (Å²) in [5.41, 5.74) is 2.18. The molecule has 154 valence electrons. The van der Waals surface area contributed by atoms with Crippen molar-refractivity contribution in [3.8, 4) is 0 Å². The van der Waals surface area contributed by atoms with Gasteiger partial charge in [-0.1, -0.05) is 35.9 Å². The number of benzene rings is 3. The molecule has 31 heavy (non-hydrogen) atoms. The molecular weight excluding hydrogens is 417 g/mol. The average Bonchev–Trinajstić information content (AvgIpc) is 3.50. The first-order valence-electron chi connectivity index (χ1n) is 9.89. The smallest absolute Gasteiger partial charge is 0.230 e. The van der Waals surface area contributed by atoms with Crippen LogP contribution in [0.4, 0.5) is 10.1 Å². The summed E-state index contributed by atoms with van der Waals surface area (Å²) in [6.45, 7) is 0. The van der Waals surface area contributed by atoms with Gasteiger partial charge in [0, 0.05) is 21.9 Å². The number of para-hydroxylation sites is 1. The van der Waals surface area contributed by atoms with Crippen molar-refractivity contribution in [2.45, 2.75) is 12.3 Å². The van der Waals surface area contributed by atoms with Crippen LogP contribution in [-0.4, -0.2) is 11.7 Å². The number of halogens is 2. The lowest BCUT2D eigenvalue weighted by Gasteiger charge is -2.06. The summed E-state index contributed by atoms with van der Waals surface area (Å²) >= 11 is 5.95. The van der Waals surface area contributed by atoms with Crippen molar-refractivity contribution < 1.29 is 18.4 Å². The van der Waals surface area contributed by atoms with E-state index in [9.17, 15) is 14.0 Å². The molecule has 2 unspecified atom stereocenters. The molecule has 0 aliphatic heterocycles. The molecule has 6 heteroatoms. The van der Waals surface area contributed by atoms with E-state index in [1.54, 1.807) is 18.2 Å². The zero-order chi connectivity index (χ0) is 21.5. The van der Waals surface area contributed by atoms with Gasteiger partial charge in [-0.15, -0.1) is 0 Å². The maximum atomic E-state index is 13.3. The topological polar surface area (TPSA) is 59.3 Å². The number of hydrogen-bond acceptors (Lipinski definition) is 3. The van der Waals surface area contributed by atoms with Crippen molar-refractivity contribution in [2.24, 2.45) is 5.92 Å². The van der Waals surface area contributed by atoms with E-state index in [4.69, 9.17) is 16.0 Å². The molecule has 4 nitrogen and oxygen atoms in total. The predicted molar refractivity (Wildman–Crippen MR) is 117 cm³/mol. The summed E-state index contributed by atoms with van der Waals surface area (Å²) < 4.78 is 19.1. The second kappa shape index (κ2) is 7.67. The Bertz CT molecular complexity index is 1290. The van der Waals surface area contributed by atoms with E-state index in [0.717, 1.165) is 12.0 Å². The monoisotopic (exact) mass is 433 g/mol. The van der Waals surface area contributed by atoms with Crippen LogP contribution in [-0.2, 0) is 4.79 Å². The molecular formula is C25H17ClFNO3. The highest BCUT2D eigenvalue weighted by Gasteiger charge is 2.44. The molecule has 0 spiro atoms. The first-order valence-corrected chi connectivity index (χ1v) is 10.3. The van der Waals surface area contributed by atoms with E-state index >= 15 is 0 Å². The minimum Gasteiger partial charge on any atom is -0.450 e. The van der Waals surface area contributed by atoms with Crippen LogP contribution in [0.5, 0.6) is 0 Å². The summed E-state index contributed by atoms with van der Waals surface area (Å²) in [4.78, 5) is 26.0. The van der Waals surface area contributed by atoms with Crippen molar-refractivity contribution in [3.05, 3.63) is 101 Å². The van der Waals surface area contributed by atoms with Gasteiger partial charge < -0.3 is 9.73 Å². The van der Waals surface area contributed by atoms with Gasteiger partial charge >= 0.3 is 0 Å². The summed E-state index contributed by atoms with van der Waals surface area (Å²) in [5.74, 6) is -1.06. The number of carbonyl (C=O) groups is 2. The van der Waals surface area contributed by atoms with E-state index < -0.39 is 11.6 Å². The molecule has 0 saturated heterocycles. The van der Waals surface area contributed by atoms with Crippen LogP contribution in [0, 0.1) is 11.7 Å². The van der Waals surface area contributed by atoms with Crippen LogP contribution in [0.3, 0.4) is 0 Å². The van der Waals surface area contributed by atoms with Crippen LogP contribution >= 0.6 is 11.6 Å². The van der Waals surface area contributed by atoms with E-state index in [2.05, 4.69) is 5.32 Å². The van der Waals surface area contributed by atoms with E-state index in [1.165, 1.54) is 24.3 Å². The van der Waals surface area contributed by atoms with Crippen molar-refractivity contribution in [3.63, 3.8) is 0 Å². The molecule has 0 radical (unpaired) electrons. The van der Waals surface area contributed by atoms with Crippen LogP contribution in [0.2, 0.25) is 5.02 Å². The quantitative estimate of drug-likeness (QED) is 0.381. The second-order valence-electron chi connectivity index (χ2n) is 7.63. The Morgan fingerprint density at radius 2 is 1.68 bits per heavy atom. The average molecular weight is 434 g/mol. The molecule has 4 aromatic rings. The van der Waals surface area contributed by atoms with Gasteiger partial charge in [-0.2, -0.15) is 0 Å². The molecule has 1 amide bonds. The third-order valence-electron chi connectivity index (χ3n) is 5.58. The fraction of sp³-hybridized carbons (Fsp3) is 0.120. The zero-order valence-corrected chi connectivity index (χ0v) is 17.0. The Kier molecular flexibility index (Phi) is 4.83. The number of hydrogen-bond donors (Lipinski definition) is 1. The summed E-state index contributed by atoms with van der Waals surface area (Å²) in [5, 5.41) is 4.21. The fourth-order valence-electron chi connectivity index (χ4n) is 3.84. The number of amides is 1. The molecule has 2 atom stereocenters. The lowest BCUT2D eigenvalue weighted by atomic mass is 10.1. The van der Waals surface area contributed by atoms with Crippen LogP contribution in [0.1, 0.15) is 34.0 Å². The maximum Gasteiger partial charge on any atom is 0.230 e. The van der Waals surface area contributed by atoms with Gasteiger partial charge in [-0.3, -0.25) is 9.59 Å². The van der Waals surface area contributed by atoms with E-state index in [0.29, 0.717) is 21.7 Å². The molecule has 1 saturated carbocycles. The van der Waals surface area contributed by atoms with Gasteiger partial charge in [0.25, 0.3) is 0 Å². The molecule has 1 aliphatic rings. The van der Waals surface area contributed by atoms with Gasteiger partial charge in [0.1, 0.15) is 11.4 Å². The molecule has 3 aromatic carbocycles. The number of anilines is 1. The fourth-order valence-corrected chi connectivity index (χ4v) is 3.97. The Morgan fingerprint density at radius 3 is 2.42 bits per heavy atom. The normalized spacial score (nSPS) is 17.5. The number of furan rings is 1. The van der Waals surface area contributed by atoms with Gasteiger partial charge in [0.15, 0.2) is 5.76 Å². The third-order valence-corrected chi connectivity index (χ3v) is 5.83. The predicted octanol–water partition coefficient (Wildman–Crippen LogP) is 6.20. The molecule has 5 rings (SSSR count). The van der Waals surface area contributed by atoms with Crippen molar-refractivity contribution in [1.82, 2.24) is 0 Å². The summed E-state index contributed by atoms with van der Waals surface area (Å²) in [7, 11) is 0. The van der Waals surface area contributed by atoms with Gasteiger partial charge in [-0.05, 0) is 66.4 Å². The highest BCUT2D eigenvalue weighted by molar-refractivity contribution is 6.30. The second-order valence-corrected chi connectivity index (χ2v) is 8.06. The molecule has 1 heterocycles. The van der Waals surface area contributed by atoms with Crippen molar-refractivity contribution in [2.75, 3.05) is 5.32 Å². The summed E-state index contributed by atoms with van der Waals surface area (Å²) in [6.07, 6.45) is 0.727. The minimum atomic E-state index is -0.434. The number of ketones is 1. The highest BCUT2D eigenvalue weighted by Crippen LogP contribution is 2.48. The highest BCUT2D eigenvalue weighted by atomic mass is 35.5. The SMILES string of the molecule is O=C(c1ccc(F)cc1)c1oc2ccccc2c1NC(=O)C1CC1c1ccc(Cl)cc1. The zero-order valence-electron chi connectivity index (χ0n) is 16.3. The Balaban J connectivity index is 1.44. The number of fused-ring (bicyclic) bond motifs is 1. The van der Waals surface area contributed by atoms with Gasteiger partial charge in [0.05, 0.1) is 5.69 Å². The maximum absolute atomic E-state index is 13.3. The number of nitrogens with one attached hydrogen (secondary N) is 1. The van der Waals surface area contributed by atoms with E-state index in [-0.39, 0.29) is 29.1 Å².